The SMILES string of the molecule is O=C(CCCC1CCN(S(=O)(=O)c2ccc(F)cc2)CC1)NO. The van der Waals surface area contributed by atoms with Crippen LogP contribution in [-0.2, 0) is 14.8 Å². The minimum Gasteiger partial charge on any atom is -0.289 e. The maximum absolute atomic E-state index is 12.9. The predicted octanol–water partition coefficient (Wildman–Crippen LogP) is 1.90. The first-order chi connectivity index (χ1) is 10.9. The average Bonchev–Trinajstić information content (AvgIpc) is 2.55. The first kappa shape index (κ1) is 17.8. The van der Waals surface area contributed by atoms with Gasteiger partial charge in [0, 0.05) is 19.5 Å². The summed E-state index contributed by atoms with van der Waals surface area (Å²) in [6.45, 7) is 0.854. The van der Waals surface area contributed by atoms with Crippen LogP contribution in [0, 0.1) is 11.7 Å². The van der Waals surface area contributed by atoms with Crippen molar-refractivity contribution in [2.24, 2.45) is 5.92 Å². The zero-order valence-corrected chi connectivity index (χ0v) is 13.6. The Morgan fingerprint density at radius 3 is 2.43 bits per heavy atom. The minimum absolute atomic E-state index is 0.108. The molecule has 2 N–H and O–H groups in total. The summed E-state index contributed by atoms with van der Waals surface area (Å²) in [6.07, 6.45) is 3.24. The third-order valence-corrected chi connectivity index (χ3v) is 6.08. The molecule has 6 nitrogen and oxygen atoms in total. The number of sulfonamides is 1. The summed E-state index contributed by atoms with van der Waals surface area (Å²) in [5, 5.41) is 8.43. The van der Waals surface area contributed by atoms with E-state index in [9.17, 15) is 17.6 Å². The number of hydrogen-bond donors (Lipinski definition) is 2. The lowest BCUT2D eigenvalue weighted by molar-refractivity contribution is -0.129. The van der Waals surface area contributed by atoms with Crippen molar-refractivity contribution >= 4 is 15.9 Å². The van der Waals surface area contributed by atoms with E-state index in [2.05, 4.69) is 0 Å². The summed E-state index contributed by atoms with van der Waals surface area (Å²) in [5.41, 5.74) is 1.60. The molecule has 0 radical (unpaired) electrons. The van der Waals surface area contributed by atoms with Gasteiger partial charge in [-0.2, -0.15) is 4.31 Å². The Bertz CT molecular complexity index is 625. The van der Waals surface area contributed by atoms with Gasteiger partial charge in [0.15, 0.2) is 0 Å². The molecule has 1 aromatic carbocycles. The molecule has 0 aromatic heterocycles. The van der Waals surface area contributed by atoms with Crippen LogP contribution >= 0.6 is 0 Å². The number of hydrogen-bond acceptors (Lipinski definition) is 4. The fourth-order valence-electron chi connectivity index (χ4n) is 2.80. The molecule has 0 atom stereocenters. The molecule has 0 aliphatic carbocycles. The molecular weight excluding hydrogens is 323 g/mol. The van der Waals surface area contributed by atoms with Crippen molar-refractivity contribution in [1.82, 2.24) is 9.79 Å². The Balaban J connectivity index is 1.86. The number of hydroxylamine groups is 1. The monoisotopic (exact) mass is 344 g/mol. The Morgan fingerprint density at radius 2 is 1.87 bits per heavy atom. The van der Waals surface area contributed by atoms with Gasteiger partial charge in [0.2, 0.25) is 15.9 Å². The van der Waals surface area contributed by atoms with Gasteiger partial charge in [-0.3, -0.25) is 10.0 Å². The Kier molecular flexibility index (Phi) is 6.09. The van der Waals surface area contributed by atoms with Gasteiger partial charge in [-0.25, -0.2) is 18.3 Å². The second-order valence-electron chi connectivity index (χ2n) is 5.73. The largest absolute Gasteiger partial charge is 0.289 e. The van der Waals surface area contributed by atoms with Crippen molar-refractivity contribution in [3.63, 3.8) is 0 Å². The van der Waals surface area contributed by atoms with Crippen molar-refractivity contribution in [2.45, 2.75) is 37.0 Å². The molecule has 1 saturated heterocycles. The number of piperidine rings is 1. The molecule has 8 heteroatoms. The minimum atomic E-state index is -3.57. The zero-order valence-electron chi connectivity index (χ0n) is 12.7. The first-order valence-corrected chi connectivity index (χ1v) is 9.06. The summed E-state index contributed by atoms with van der Waals surface area (Å²) in [6, 6.07) is 4.85. The highest BCUT2D eigenvalue weighted by Gasteiger charge is 2.29. The maximum atomic E-state index is 12.9. The van der Waals surface area contributed by atoms with Gasteiger partial charge in [-0.15, -0.1) is 0 Å². The number of carbonyl (C=O) groups excluding carboxylic acids is 1. The van der Waals surface area contributed by atoms with E-state index in [1.807, 2.05) is 0 Å². The van der Waals surface area contributed by atoms with Crippen LogP contribution in [0.4, 0.5) is 4.39 Å². The number of benzene rings is 1. The standard InChI is InChI=1S/C15H21FN2O4S/c16-13-4-6-14(7-5-13)23(21,22)18-10-8-12(9-11-18)2-1-3-15(19)17-20/h4-7,12,20H,1-3,8-11H2,(H,17,19). The molecule has 1 amide bonds. The fourth-order valence-corrected chi connectivity index (χ4v) is 4.27. The van der Waals surface area contributed by atoms with Crippen molar-refractivity contribution in [3.05, 3.63) is 30.1 Å². The molecular formula is C15H21FN2O4S. The van der Waals surface area contributed by atoms with Gasteiger partial charge >= 0.3 is 0 Å². The van der Waals surface area contributed by atoms with Crippen molar-refractivity contribution < 1.29 is 22.8 Å². The third kappa shape index (κ3) is 4.73. The van der Waals surface area contributed by atoms with Gasteiger partial charge in [-0.1, -0.05) is 0 Å². The van der Waals surface area contributed by atoms with Crippen LogP contribution in [0.2, 0.25) is 0 Å². The highest BCUT2D eigenvalue weighted by molar-refractivity contribution is 7.89. The molecule has 1 aliphatic rings. The number of amides is 1. The smallest absolute Gasteiger partial charge is 0.243 e. The summed E-state index contributed by atoms with van der Waals surface area (Å²) in [7, 11) is -3.57. The third-order valence-electron chi connectivity index (χ3n) is 4.17. The maximum Gasteiger partial charge on any atom is 0.243 e. The lowest BCUT2D eigenvalue weighted by Gasteiger charge is -2.31. The molecule has 0 spiro atoms. The molecule has 1 aromatic rings. The topological polar surface area (TPSA) is 86.7 Å². The predicted molar refractivity (Wildman–Crippen MR) is 81.7 cm³/mol. The van der Waals surface area contributed by atoms with Crippen LogP contribution in [0.25, 0.3) is 0 Å². The number of halogens is 1. The van der Waals surface area contributed by atoms with Crippen LogP contribution in [0.1, 0.15) is 32.1 Å². The molecule has 1 aliphatic heterocycles. The van der Waals surface area contributed by atoms with Crippen LogP contribution in [-0.4, -0.2) is 36.9 Å². The lowest BCUT2D eigenvalue weighted by Crippen LogP contribution is -2.38. The van der Waals surface area contributed by atoms with Gasteiger partial charge < -0.3 is 0 Å². The molecule has 0 bridgehead atoms. The second kappa shape index (κ2) is 7.85. The van der Waals surface area contributed by atoms with E-state index in [1.54, 1.807) is 5.48 Å². The highest BCUT2D eigenvalue weighted by Crippen LogP contribution is 2.26. The summed E-state index contributed by atoms with van der Waals surface area (Å²) < 4.78 is 39.3. The molecule has 1 fully saturated rings. The van der Waals surface area contributed by atoms with Crippen LogP contribution in [0.3, 0.4) is 0 Å². The van der Waals surface area contributed by atoms with E-state index in [0.29, 0.717) is 25.4 Å². The van der Waals surface area contributed by atoms with E-state index in [4.69, 9.17) is 5.21 Å². The highest BCUT2D eigenvalue weighted by atomic mass is 32.2. The number of rotatable bonds is 6. The van der Waals surface area contributed by atoms with E-state index in [1.165, 1.54) is 16.4 Å². The average molecular weight is 344 g/mol. The molecule has 2 rings (SSSR count). The summed E-state index contributed by atoms with van der Waals surface area (Å²) in [4.78, 5) is 11.1. The van der Waals surface area contributed by atoms with Crippen molar-refractivity contribution in [2.75, 3.05) is 13.1 Å². The second-order valence-corrected chi connectivity index (χ2v) is 7.67. The molecule has 1 heterocycles. The van der Waals surface area contributed by atoms with Gasteiger partial charge in [0.1, 0.15) is 5.82 Å². The summed E-state index contributed by atoms with van der Waals surface area (Å²) in [5.74, 6) is -0.489. The Hall–Kier alpha value is -1.51. The molecule has 0 saturated carbocycles. The van der Waals surface area contributed by atoms with Crippen LogP contribution in [0.15, 0.2) is 29.2 Å². The van der Waals surface area contributed by atoms with Gasteiger partial charge in [-0.05, 0) is 55.9 Å². The van der Waals surface area contributed by atoms with E-state index < -0.39 is 21.7 Å². The van der Waals surface area contributed by atoms with E-state index in [-0.39, 0.29) is 11.3 Å². The zero-order chi connectivity index (χ0) is 16.9. The number of nitrogens with zero attached hydrogens (tertiary/aromatic N) is 1. The fraction of sp³-hybridized carbons (Fsp3) is 0.533. The van der Waals surface area contributed by atoms with Crippen LogP contribution in [0.5, 0.6) is 0 Å². The normalized spacial score (nSPS) is 17.1. The van der Waals surface area contributed by atoms with Crippen molar-refractivity contribution in [3.8, 4) is 0 Å². The molecule has 128 valence electrons. The Morgan fingerprint density at radius 1 is 1.26 bits per heavy atom. The van der Waals surface area contributed by atoms with E-state index in [0.717, 1.165) is 31.4 Å². The van der Waals surface area contributed by atoms with Gasteiger partial charge in [0.05, 0.1) is 4.90 Å². The summed E-state index contributed by atoms with van der Waals surface area (Å²) >= 11 is 0. The number of nitrogens with one attached hydrogen (secondary N) is 1. The van der Waals surface area contributed by atoms with Crippen LogP contribution < -0.4 is 5.48 Å². The number of carbonyl (C=O) groups is 1. The quantitative estimate of drug-likeness (QED) is 0.609. The lowest BCUT2D eigenvalue weighted by atomic mass is 9.92. The first-order valence-electron chi connectivity index (χ1n) is 7.62. The molecule has 0 unspecified atom stereocenters. The Labute approximate surface area is 135 Å². The van der Waals surface area contributed by atoms with E-state index >= 15 is 0 Å². The van der Waals surface area contributed by atoms with Gasteiger partial charge in [0.25, 0.3) is 0 Å². The van der Waals surface area contributed by atoms with Crippen molar-refractivity contribution in [1.29, 1.82) is 0 Å². The molecule has 23 heavy (non-hydrogen) atoms.